The lowest BCUT2D eigenvalue weighted by molar-refractivity contribution is -0.116. The zero-order valence-electron chi connectivity index (χ0n) is 9.82. The molecule has 1 unspecified atom stereocenters. The van der Waals surface area contributed by atoms with Gasteiger partial charge in [-0.15, -0.1) is 0 Å². The summed E-state index contributed by atoms with van der Waals surface area (Å²) >= 11 is 0. The third-order valence-electron chi connectivity index (χ3n) is 3.09. The zero-order valence-corrected chi connectivity index (χ0v) is 9.82. The molecule has 1 aliphatic heterocycles. The number of carbonyl (C=O) groups excluding carboxylic acids is 2. The second-order valence-corrected chi connectivity index (χ2v) is 4.42. The Kier molecular flexibility index (Phi) is 3.24. The molecule has 0 spiro atoms. The molecule has 2 rings (SSSR count). The quantitative estimate of drug-likeness (QED) is 0.773. The van der Waals surface area contributed by atoms with Gasteiger partial charge in [0.25, 0.3) is 0 Å². The first-order valence-corrected chi connectivity index (χ1v) is 5.79. The van der Waals surface area contributed by atoms with Crippen LogP contribution >= 0.6 is 0 Å². The first-order chi connectivity index (χ1) is 8.11. The third-order valence-corrected chi connectivity index (χ3v) is 3.09. The van der Waals surface area contributed by atoms with Crippen molar-refractivity contribution in [3.8, 4) is 0 Å². The standard InChI is InChI=1S/C13H16N2O2/c1-8(7-14)13(17)10-2-4-11-9(6-10)3-5-12(16)15-11/h2,4,6,8H,3,5,7,14H2,1H3,(H,15,16). The van der Waals surface area contributed by atoms with Gasteiger partial charge in [0.15, 0.2) is 5.78 Å². The number of anilines is 1. The van der Waals surface area contributed by atoms with E-state index in [1.807, 2.05) is 13.0 Å². The molecule has 3 N–H and O–H groups in total. The van der Waals surface area contributed by atoms with E-state index in [-0.39, 0.29) is 17.6 Å². The molecule has 1 atom stereocenters. The minimum atomic E-state index is -0.161. The van der Waals surface area contributed by atoms with E-state index in [1.165, 1.54) is 0 Å². The van der Waals surface area contributed by atoms with E-state index in [9.17, 15) is 9.59 Å². The van der Waals surface area contributed by atoms with Crippen molar-refractivity contribution in [3.63, 3.8) is 0 Å². The number of ketones is 1. The van der Waals surface area contributed by atoms with Gasteiger partial charge in [0.1, 0.15) is 0 Å². The van der Waals surface area contributed by atoms with E-state index in [1.54, 1.807) is 12.1 Å². The number of nitrogens with one attached hydrogen (secondary N) is 1. The molecule has 4 nitrogen and oxygen atoms in total. The Morgan fingerprint density at radius 3 is 2.94 bits per heavy atom. The number of benzene rings is 1. The van der Waals surface area contributed by atoms with Gasteiger partial charge in [-0.1, -0.05) is 6.92 Å². The molecule has 17 heavy (non-hydrogen) atoms. The van der Waals surface area contributed by atoms with Crippen LogP contribution in [0.15, 0.2) is 18.2 Å². The maximum Gasteiger partial charge on any atom is 0.224 e. The third kappa shape index (κ3) is 2.36. The predicted octanol–water partition coefficient (Wildman–Crippen LogP) is 1.35. The van der Waals surface area contributed by atoms with Crippen LogP contribution in [0.3, 0.4) is 0 Å². The molecule has 1 heterocycles. The normalized spacial score (nSPS) is 16.0. The Balaban J connectivity index is 2.28. The van der Waals surface area contributed by atoms with Gasteiger partial charge in [0.2, 0.25) is 5.91 Å². The van der Waals surface area contributed by atoms with Gasteiger partial charge in [0, 0.05) is 30.1 Å². The fourth-order valence-electron chi connectivity index (χ4n) is 1.93. The summed E-state index contributed by atoms with van der Waals surface area (Å²) in [6, 6.07) is 5.41. The fourth-order valence-corrected chi connectivity index (χ4v) is 1.93. The maximum absolute atomic E-state index is 12.0. The van der Waals surface area contributed by atoms with Crippen LogP contribution in [-0.2, 0) is 11.2 Å². The molecule has 0 aliphatic carbocycles. The van der Waals surface area contributed by atoms with E-state index >= 15 is 0 Å². The first-order valence-electron chi connectivity index (χ1n) is 5.79. The predicted molar refractivity (Wildman–Crippen MR) is 65.9 cm³/mol. The van der Waals surface area contributed by atoms with Crippen molar-refractivity contribution in [1.29, 1.82) is 0 Å². The second-order valence-electron chi connectivity index (χ2n) is 4.42. The number of aryl methyl sites for hydroxylation is 1. The van der Waals surface area contributed by atoms with E-state index in [0.29, 0.717) is 24.9 Å². The summed E-state index contributed by atoms with van der Waals surface area (Å²) in [5.41, 5.74) is 8.01. The van der Waals surface area contributed by atoms with Gasteiger partial charge in [-0.25, -0.2) is 0 Å². The monoisotopic (exact) mass is 232 g/mol. The molecule has 1 amide bonds. The van der Waals surface area contributed by atoms with Crippen LogP contribution in [0.25, 0.3) is 0 Å². The van der Waals surface area contributed by atoms with Crippen molar-refractivity contribution >= 4 is 17.4 Å². The number of hydrogen-bond acceptors (Lipinski definition) is 3. The van der Waals surface area contributed by atoms with E-state index < -0.39 is 0 Å². The molecule has 1 aliphatic rings. The number of Topliss-reactive ketones (excluding diaryl/α,β-unsaturated/α-hetero) is 1. The molecular weight excluding hydrogens is 216 g/mol. The van der Waals surface area contributed by atoms with Crippen molar-refractivity contribution in [3.05, 3.63) is 29.3 Å². The lowest BCUT2D eigenvalue weighted by Gasteiger charge is -2.18. The summed E-state index contributed by atoms with van der Waals surface area (Å²) < 4.78 is 0. The van der Waals surface area contributed by atoms with Crippen molar-refractivity contribution in [2.45, 2.75) is 19.8 Å². The van der Waals surface area contributed by atoms with Gasteiger partial charge >= 0.3 is 0 Å². The summed E-state index contributed by atoms with van der Waals surface area (Å²) in [6.07, 6.45) is 1.18. The number of fused-ring (bicyclic) bond motifs is 1. The highest BCUT2D eigenvalue weighted by Gasteiger charge is 2.18. The van der Waals surface area contributed by atoms with E-state index in [0.717, 1.165) is 11.3 Å². The summed E-state index contributed by atoms with van der Waals surface area (Å²) in [5.74, 6) is -0.0645. The van der Waals surface area contributed by atoms with Crippen molar-refractivity contribution in [2.75, 3.05) is 11.9 Å². The van der Waals surface area contributed by atoms with Crippen LogP contribution in [0.4, 0.5) is 5.69 Å². The van der Waals surface area contributed by atoms with Gasteiger partial charge in [0.05, 0.1) is 0 Å². The highest BCUT2D eigenvalue weighted by atomic mass is 16.1. The molecule has 0 saturated heterocycles. The van der Waals surface area contributed by atoms with Crippen molar-refractivity contribution in [2.24, 2.45) is 11.7 Å². The van der Waals surface area contributed by atoms with Gasteiger partial charge < -0.3 is 11.1 Å². The topological polar surface area (TPSA) is 72.2 Å². The number of rotatable bonds is 3. The van der Waals surface area contributed by atoms with Crippen molar-refractivity contribution in [1.82, 2.24) is 0 Å². The Morgan fingerprint density at radius 2 is 2.24 bits per heavy atom. The SMILES string of the molecule is CC(CN)C(=O)c1ccc2c(c1)CCC(=O)N2. The zero-order chi connectivity index (χ0) is 12.4. The van der Waals surface area contributed by atoms with Crippen LogP contribution in [0.5, 0.6) is 0 Å². The van der Waals surface area contributed by atoms with Crippen LogP contribution < -0.4 is 11.1 Å². The average Bonchev–Trinajstić information content (AvgIpc) is 2.36. The number of hydrogen-bond donors (Lipinski definition) is 2. The Bertz CT molecular complexity index is 468. The summed E-state index contributed by atoms with van der Waals surface area (Å²) in [7, 11) is 0. The lowest BCUT2D eigenvalue weighted by Crippen LogP contribution is -2.22. The molecule has 0 radical (unpaired) electrons. The molecule has 4 heteroatoms. The van der Waals surface area contributed by atoms with E-state index in [2.05, 4.69) is 5.32 Å². The van der Waals surface area contributed by atoms with Gasteiger partial charge in [-0.05, 0) is 30.2 Å². The van der Waals surface area contributed by atoms with Gasteiger partial charge in [-0.3, -0.25) is 9.59 Å². The van der Waals surface area contributed by atoms with Crippen molar-refractivity contribution < 1.29 is 9.59 Å². The minimum Gasteiger partial charge on any atom is -0.330 e. The molecule has 0 saturated carbocycles. The highest BCUT2D eigenvalue weighted by Crippen LogP contribution is 2.24. The number of nitrogens with two attached hydrogens (primary N) is 1. The molecule has 0 aromatic heterocycles. The van der Waals surface area contributed by atoms with E-state index in [4.69, 9.17) is 5.73 Å². The summed E-state index contributed by atoms with van der Waals surface area (Å²) in [4.78, 5) is 23.2. The Morgan fingerprint density at radius 1 is 1.47 bits per heavy atom. The molecule has 1 aromatic rings. The average molecular weight is 232 g/mol. The van der Waals surface area contributed by atoms with Crippen LogP contribution in [0.1, 0.15) is 29.3 Å². The molecular formula is C13H16N2O2. The first kappa shape index (κ1) is 11.8. The number of carbonyl (C=O) groups is 2. The maximum atomic E-state index is 12.0. The summed E-state index contributed by atoms with van der Waals surface area (Å²) in [5, 5.41) is 2.79. The molecule has 1 aromatic carbocycles. The molecule has 0 bridgehead atoms. The Hall–Kier alpha value is -1.68. The summed E-state index contributed by atoms with van der Waals surface area (Å²) in [6.45, 7) is 2.18. The number of amides is 1. The highest BCUT2D eigenvalue weighted by molar-refractivity contribution is 6.00. The second kappa shape index (κ2) is 4.67. The Labute approximate surface area is 100 Å². The van der Waals surface area contributed by atoms with Crippen LogP contribution in [-0.4, -0.2) is 18.2 Å². The lowest BCUT2D eigenvalue weighted by atomic mass is 9.94. The largest absolute Gasteiger partial charge is 0.330 e. The van der Waals surface area contributed by atoms with Crippen LogP contribution in [0.2, 0.25) is 0 Å². The van der Waals surface area contributed by atoms with Gasteiger partial charge in [-0.2, -0.15) is 0 Å². The smallest absolute Gasteiger partial charge is 0.224 e. The van der Waals surface area contributed by atoms with Crippen LogP contribution in [0, 0.1) is 5.92 Å². The molecule has 90 valence electrons. The molecule has 0 fully saturated rings. The minimum absolute atomic E-state index is 0.0342. The fraction of sp³-hybridized carbons (Fsp3) is 0.385.